The molecule has 98 valence electrons. The number of aliphatic hydroxyl groups excluding tert-OH is 1. The van der Waals surface area contributed by atoms with Gasteiger partial charge in [0.2, 0.25) is 11.6 Å². The van der Waals surface area contributed by atoms with E-state index >= 15 is 0 Å². The highest BCUT2D eigenvalue weighted by molar-refractivity contribution is 6.40. The Balaban J connectivity index is 4.06. The van der Waals surface area contributed by atoms with Crippen molar-refractivity contribution in [3.05, 3.63) is 0 Å². The third-order valence-corrected chi connectivity index (χ3v) is 2.08. The largest absolute Gasteiger partial charge is 0.394 e. The van der Waals surface area contributed by atoms with Crippen LogP contribution in [0, 0.1) is 0 Å². The van der Waals surface area contributed by atoms with Gasteiger partial charge in [0, 0.05) is 6.54 Å². The first kappa shape index (κ1) is 15.5. The molecule has 0 amide bonds. The van der Waals surface area contributed by atoms with Gasteiger partial charge in [-0.25, -0.2) is 0 Å². The van der Waals surface area contributed by atoms with Gasteiger partial charge in [0.15, 0.2) is 5.96 Å². The highest BCUT2D eigenvalue weighted by atomic mass is 16.3. The number of guanidine groups is 1. The summed E-state index contributed by atoms with van der Waals surface area (Å²) in [5.41, 5.74) is 20.9. The van der Waals surface area contributed by atoms with Crippen LogP contribution in [0.25, 0.3) is 0 Å². The molecule has 0 heterocycles. The summed E-state index contributed by atoms with van der Waals surface area (Å²) in [4.78, 5) is 26.4. The van der Waals surface area contributed by atoms with Crippen molar-refractivity contribution < 1.29 is 14.7 Å². The van der Waals surface area contributed by atoms with Gasteiger partial charge in [0.05, 0.1) is 18.7 Å². The molecular weight excluding hydrogens is 226 g/mol. The van der Waals surface area contributed by atoms with Crippen LogP contribution in [0.3, 0.4) is 0 Å². The lowest BCUT2D eigenvalue weighted by molar-refractivity contribution is -0.138. The predicted octanol–water partition coefficient (Wildman–Crippen LogP) is -3.17. The third kappa shape index (κ3) is 5.95. The highest BCUT2D eigenvalue weighted by Gasteiger charge is 2.25. The monoisotopic (exact) mass is 245 g/mol. The van der Waals surface area contributed by atoms with E-state index < -0.39 is 30.3 Å². The summed E-state index contributed by atoms with van der Waals surface area (Å²) in [6, 6.07) is -2.14. The van der Waals surface area contributed by atoms with Crippen LogP contribution < -0.4 is 22.9 Å². The van der Waals surface area contributed by atoms with Crippen LogP contribution >= 0.6 is 0 Å². The van der Waals surface area contributed by atoms with Gasteiger partial charge in [-0.15, -0.1) is 0 Å². The number of aliphatic hydroxyl groups is 1. The molecule has 0 fully saturated rings. The molecular formula is C9H19N5O3. The zero-order valence-corrected chi connectivity index (χ0v) is 9.50. The van der Waals surface area contributed by atoms with Crippen molar-refractivity contribution in [3.63, 3.8) is 0 Å². The average Bonchev–Trinajstić information content (AvgIpc) is 2.31. The van der Waals surface area contributed by atoms with Crippen molar-refractivity contribution in [2.75, 3.05) is 13.2 Å². The molecule has 0 spiro atoms. The molecule has 2 atom stereocenters. The van der Waals surface area contributed by atoms with Gasteiger partial charge in [-0.1, -0.05) is 0 Å². The van der Waals surface area contributed by atoms with Gasteiger partial charge >= 0.3 is 0 Å². The smallest absolute Gasteiger partial charge is 0.219 e. The second-order valence-electron chi connectivity index (χ2n) is 3.57. The molecule has 0 aromatic heterocycles. The number of nitrogens with two attached hydrogens (primary N) is 4. The van der Waals surface area contributed by atoms with E-state index in [9.17, 15) is 9.59 Å². The lowest BCUT2D eigenvalue weighted by atomic mass is 10.0. The summed E-state index contributed by atoms with van der Waals surface area (Å²) in [6.07, 6.45) is 0.756. The fraction of sp³-hybridized carbons (Fsp3) is 0.667. The van der Waals surface area contributed by atoms with E-state index in [4.69, 9.17) is 28.0 Å². The summed E-state index contributed by atoms with van der Waals surface area (Å²) < 4.78 is 0. The first-order valence-corrected chi connectivity index (χ1v) is 5.15. The van der Waals surface area contributed by atoms with E-state index in [2.05, 4.69) is 4.99 Å². The van der Waals surface area contributed by atoms with E-state index in [0.29, 0.717) is 13.0 Å². The number of hydrogen-bond acceptors (Lipinski definition) is 6. The number of hydrogen-bond donors (Lipinski definition) is 5. The molecule has 0 radical (unpaired) electrons. The minimum Gasteiger partial charge on any atom is -0.394 e. The summed E-state index contributed by atoms with van der Waals surface area (Å²) in [5, 5.41) is 8.63. The summed E-state index contributed by atoms with van der Waals surface area (Å²) >= 11 is 0. The van der Waals surface area contributed by atoms with Crippen molar-refractivity contribution >= 4 is 17.5 Å². The van der Waals surface area contributed by atoms with E-state index in [1.807, 2.05) is 0 Å². The Labute approximate surface area is 99.0 Å². The quantitative estimate of drug-likeness (QED) is 0.130. The Kier molecular flexibility index (Phi) is 7.03. The molecule has 0 saturated carbocycles. The standard InChI is InChI=1S/C9H19N5O3/c10-5(2-1-3-14-9(12)13)7(16)8(17)6(11)4-15/h5-6,15H,1-4,10-11H2,(H4,12,13,14)/t5-,6-/m0/s1. The van der Waals surface area contributed by atoms with E-state index in [1.54, 1.807) is 0 Å². The van der Waals surface area contributed by atoms with E-state index in [1.165, 1.54) is 0 Å². The molecule has 0 aliphatic heterocycles. The molecule has 9 N–H and O–H groups in total. The number of aliphatic imine (C=N–C) groups is 1. The van der Waals surface area contributed by atoms with Crippen LogP contribution in [0.15, 0.2) is 4.99 Å². The third-order valence-electron chi connectivity index (χ3n) is 2.08. The van der Waals surface area contributed by atoms with E-state index in [0.717, 1.165) is 0 Å². The van der Waals surface area contributed by atoms with Crippen LogP contribution in [-0.2, 0) is 9.59 Å². The summed E-state index contributed by atoms with van der Waals surface area (Å²) in [5.74, 6) is -1.68. The van der Waals surface area contributed by atoms with Crippen LogP contribution in [0.4, 0.5) is 0 Å². The molecule has 17 heavy (non-hydrogen) atoms. The van der Waals surface area contributed by atoms with Crippen molar-refractivity contribution in [1.82, 2.24) is 0 Å². The summed E-state index contributed by atoms with van der Waals surface area (Å²) in [7, 11) is 0. The Morgan fingerprint density at radius 3 is 2.12 bits per heavy atom. The minimum atomic E-state index is -1.20. The van der Waals surface area contributed by atoms with Crippen molar-refractivity contribution in [3.8, 4) is 0 Å². The average molecular weight is 245 g/mol. The van der Waals surface area contributed by atoms with Gasteiger partial charge in [-0.2, -0.15) is 0 Å². The molecule has 0 rings (SSSR count). The molecule has 0 aliphatic carbocycles. The molecule has 0 aromatic rings. The van der Waals surface area contributed by atoms with Gasteiger partial charge in [-0.05, 0) is 12.8 Å². The Bertz CT molecular complexity index is 301. The molecule has 8 heteroatoms. The number of nitrogens with zero attached hydrogens (tertiary/aromatic N) is 1. The van der Waals surface area contributed by atoms with Crippen LogP contribution in [0.1, 0.15) is 12.8 Å². The molecule has 0 bridgehead atoms. The summed E-state index contributed by atoms with van der Waals surface area (Å²) in [6.45, 7) is -0.241. The van der Waals surface area contributed by atoms with Gasteiger partial charge in [0.1, 0.15) is 0 Å². The SMILES string of the molecule is NC(N)=NCCC[C@H](N)C(=O)C(=O)[C@@H](N)CO. The fourth-order valence-corrected chi connectivity index (χ4v) is 1.10. The van der Waals surface area contributed by atoms with Gasteiger partial charge in [-0.3, -0.25) is 14.6 Å². The second-order valence-corrected chi connectivity index (χ2v) is 3.57. The van der Waals surface area contributed by atoms with Crippen LogP contribution in [0.5, 0.6) is 0 Å². The van der Waals surface area contributed by atoms with Gasteiger partial charge < -0.3 is 28.0 Å². The number of ketones is 2. The highest BCUT2D eigenvalue weighted by Crippen LogP contribution is 1.99. The number of carbonyl (C=O) groups excluding carboxylic acids is 2. The second kappa shape index (κ2) is 7.71. The van der Waals surface area contributed by atoms with Crippen LogP contribution in [0.2, 0.25) is 0 Å². The zero-order chi connectivity index (χ0) is 13.4. The van der Waals surface area contributed by atoms with Gasteiger partial charge in [0.25, 0.3) is 0 Å². The normalized spacial score (nSPS) is 13.8. The Morgan fingerprint density at radius 1 is 1.12 bits per heavy atom. The maximum absolute atomic E-state index is 11.4. The minimum absolute atomic E-state index is 0.0386. The van der Waals surface area contributed by atoms with E-state index in [-0.39, 0.29) is 12.4 Å². The topological polar surface area (TPSA) is 171 Å². The Hall–Kier alpha value is -1.51. The molecule has 0 unspecified atom stereocenters. The van der Waals surface area contributed by atoms with Crippen molar-refractivity contribution in [2.24, 2.45) is 27.9 Å². The van der Waals surface area contributed by atoms with Crippen molar-refractivity contribution in [2.45, 2.75) is 24.9 Å². The number of carbonyl (C=O) groups is 2. The molecule has 0 saturated heterocycles. The predicted molar refractivity (Wildman–Crippen MR) is 63.0 cm³/mol. The molecule has 8 nitrogen and oxygen atoms in total. The maximum atomic E-state index is 11.4. The first-order chi connectivity index (χ1) is 7.90. The maximum Gasteiger partial charge on any atom is 0.219 e. The number of Topliss-reactive ketones (excluding diaryl/α,β-unsaturated/α-hetero) is 2. The number of rotatable bonds is 8. The lowest BCUT2D eigenvalue weighted by Gasteiger charge is -2.11. The fourth-order valence-electron chi connectivity index (χ4n) is 1.10. The van der Waals surface area contributed by atoms with Crippen LogP contribution in [-0.4, -0.2) is 47.9 Å². The van der Waals surface area contributed by atoms with Crippen molar-refractivity contribution in [1.29, 1.82) is 0 Å². The first-order valence-electron chi connectivity index (χ1n) is 5.15. The zero-order valence-electron chi connectivity index (χ0n) is 9.50. The molecule has 0 aliphatic rings. The Morgan fingerprint density at radius 2 is 1.65 bits per heavy atom. The lowest BCUT2D eigenvalue weighted by Crippen LogP contribution is -2.46. The molecule has 0 aromatic carbocycles.